The number of nitrogens with two attached hydrogens (primary N) is 1. The Hall–Kier alpha value is -1.79. The zero-order valence-corrected chi connectivity index (χ0v) is 11.1. The van der Waals surface area contributed by atoms with Gasteiger partial charge in [0.1, 0.15) is 5.82 Å². The van der Waals surface area contributed by atoms with E-state index in [9.17, 15) is 4.39 Å². The summed E-state index contributed by atoms with van der Waals surface area (Å²) in [6, 6.07) is 6.02. The van der Waals surface area contributed by atoms with Crippen molar-refractivity contribution in [2.75, 3.05) is 19.6 Å². The van der Waals surface area contributed by atoms with E-state index in [4.69, 9.17) is 10.2 Å². The van der Waals surface area contributed by atoms with E-state index in [0.717, 1.165) is 31.6 Å². The van der Waals surface area contributed by atoms with Gasteiger partial charge in [0.15, 0.2) is 0 Å². The molecule has 5 nitrogen and oxygen atoms in total. The standard InChI is InChI=1S/C14H17FN4O/c15-12-3-1-11(2-4-12)14-18-17-13(20-14)9-19-6-5-10(7-16)8-19/h1-4,10H,5-9,16H2. The highest BCUT2D eigenvalue weighted by molar-refractivity contribution is 5.51. The van der Waals surface area contributed by atoms with E-state index in [1.165, 1.54) is 12.1 Å². The van der Waals surface area contributed by atoms with E-state index in [0.29, 0.717) is 24.2 Å². The second-order valence-corrected chi connectivity index (χ2v) is 5.13. The van der Waals surface area contributed by atoms with Crippen molar-refractivity contribution in [3.8, 4) is 11.5 Å². The van der Waals surface area contributed by atoms with Gasteiger partial charge in [-0.2, -0.15) is 0 Å². The Morgan fingerprint density at radius 3 is 2.80 bits per heavy atom. The molecule has 1 unspecified atom stereocenters. The van der Waals surface area contributed by atoms with Gasteiger partial charge in [-0.25, -0.2) is 4.39 Å². The molecule has 106 valence electrons. The minimum absolute atomic E-state index is 0.279. The zero-order chi connectivity index (χ0) is 13.9. The fraction of sp³-hybridized carbons (Fsp3) is 0.429. The van der Waals surface area contributed by atoms with Crippen LogP contribution in [0.2, 0.25) is 0 Å². The van der Waals surface area contributed by atoms with Crippen molar-refractivity contribution in [3.05, 3.63) is 36.0 Å². The second kappa shape index (κ2) is 5.68. The number of nitrogens with zero attached hydrogens (tertiary/aromatic N) is 3. The van der Waals surface area contributed by atoms with E-state index in [1.54, 1.807) is 12.1 Å². The SMILES string of the molecule is NCC1CCN(Cc2nnc(-c3ccc(F)cc3)o2)C1. The van der Waals surface area contributed by atoms with Gasteiger partial charge in [0.25, 0.3) is 0 Å². The zero-order valence-electron chi connectivity index (χ0n) is 11.1. The van der Waals surface area contributed by atoms with E-state index < -0.39 is 0 Å². The summed E-state index contributed by atoms with van der Waals surface area (Å²) in [6.45, 7) is 3.35. The number of hydrogen-bond donors (Lipinski definition) is 1. The molecule has 1 saturated heterocycles. The Bertz CT molecular complexity index is 569. The predicted octanol–water partition coefficient (Wildman–Crippen LogP) is 1.66. The van der Waals surface area contributed by atoms with Crippen LogP contribution in [0.4, 0.5) is 4.39 Å². The van der Waals surface area contributed by atoms with Gasteiger partial charge in [0, 0.05) is 12.1 Å². The van der Waals surface area contributed by atoms with Gasteiger partial charge in [-0.1, -0.05) is 0 Å². The van der Waals surface area contributed by atoms with Crippen molar-refractivity contribution in [1.82, 2.24) is 15.1 Å². The van der Waals surface area contributed by atoms with Crippen molar-refractivity contribution in [2.45, 2.75) is 13.0 Å². The van der Waals surface area contributed by atoms with Crippen LogP contribution in [0.3, 0.4) is 0 Å². The van der Waals surface area contributed by atoms with Crippen molar-refractivity contribution in [1.29, 1.82) is 0 Å². The molecule has 1 aliphatic rings. The van der Waals surface area contributed by atoms with E-state index >= 15 is 0 Å². The van der Waals surface area contributed by atoms with Crippen molar-refractivity contribution in [2.24, 2.45) is 11.7 Å². The fourth-order valence-corrected chi connectivity index (χ4v) is 2.47. The van der Waals surface area contributed by atoms with E-state index in [1.807, 2.05) is 0 Å². The molecule has 2 heterocycles. The van der Waals surface area contributed by atoms with Crippen molar-refractivity contribution in [3.63, 3.8) is 0 Å². The normalized spacial score (nSPS) is 19.6. The van der Waals surface area contributed by atoms with Crippen LogP contribution in [0.15, 0.2) is 28.7 Å². The first-order valence-corrected chi connectivity index (χ1v) is 6.75. The molecule has 0 radical (unpaired) electrons. The number of likely N-dealkylation sites (tertiary alicyclic amines) is 1. The van der Waals surface area contributed by atoms with Gasteiger partial charge in [0.2, 0.25) is 11.8 Å². The Balaban J connectivity index is 1.66. The molecule has 3 rings (SSSR count). The van der Waals surface area contributed by atoms with Gasteiger partial charge in [-0.05, 0) is 49.7 Å². The smallest absolute Gasteiger partial charge is 0.247 e. The minimum Gasteiger partial charge on any atom is -0.419 e. The number of rotatable bonds is 4. The van der Waals surface area contributed by atoms with Crippen LogP contribution in [0.1, 0.15) is 12.3 Å². The molecule has 1 aromatic carbocycles. The molecule has 1 aromatic heterocycles. The first kappa shape index (κ1) is 13.2. The second-order valence-electron chi connectivity index (χ2n) is 5.13. The van der Waals surface area contributed by atoms with Crippen LogP contribution in [0, 0.1) is 11.7 Å². The summed E-state index contributed by atoms with van der Waals surface area (Å²) >= 11 is 0. The molecule has 0 saturated carbocycles. The number of hydrogen-bond acceptors (Lipinski definition) is 5. The van der Waals surface area contributed by atoms with Crippen molar-refractivity contribution < 1.29 is 8.81 Å². The van der Waals surface area contributed by atoms with E-state index in [2.05, 4.69) is 15.1 Å². The lowest BCUT2D eigenvalue weighted by atomic mass is 10.1. The van der Waals surface area contributed by atoms with Gasteiger partial charge < -0.3 is 10.2 Å². The largest absolute Gasteiger partial charge is 0.419 e. The molecular formula is C14H17FN4O. The molecule has 6 heteroatoms. The van der Waals surface area contributed by atoms with Gasteiger partial charge in [0.05, 0.1) is 6.54 Å². The summed E-state index contributed by atoms with van der Waals surface area (Å²) in [6.07, 6.45) is 1.12. The molecule has 0 spiro atoms. The lowest BCUT2D eigenvalue weighted by molar-refractivity contribution is 0.282. The van der Waals surface area contributed by atoms with Crippen LogP contribution >= 0.6 is 0 Å². The van der Waals surface area contributed by atoms with Crippen LogP contribution in [-0.4, -0.2) is 34.7 Å². The Kier molecular flexibility index (Phi) is 3.75. The maximum atomic E-state index is 12.9. The van der Waals surface area contributed by atoms with Crippen molar-refractivity contribution >= 4 is 0 Å². The highest BCUT2D eigenvalue weighted by atomic mass is 19.1. The highest BCUT2D eigenvalue weighted by Gasteiger charge is 2.22. The first-order chi connectivity index (χ1) is 9.74. The summed E-state index contributed by atoms with van der Waals surface area (Å²) in [7, 11) is 0. The van der Waals surface area contributed by atoms with Gasteiger partial charge in [-0.3, -0.25) is 4.90 Å². The summed E-state index contributed by atoms with van der Waals surface area (Å²) in [5.74, 6) is 1.30. The third-order valence-electron chi connectivity index (χ3n) is 3.62. The van der Waals surface area contributed by atoms with Crippen LogP contribution < -0.4 is 5.73 Å². The summed E-state index contributed by atoms with van der Waals surface area (Å²) in [4.78, 5) is 2.26. The van der Waals surface area contributed by atoms with Gasteiger partial charge >= 0.3 is 0 Å². The maximum Gasteiger partial charge on any atom is 0.247 e. The Morgan fingerprint density at radius 1 is 1.30 bits per heavy atom. The lowest BCUT2D eigenvalue weighted by Gasteiger charge is -2.12. The Morgan fingerprint density at radius 2 is 2.10 bits per heavy atom. The molecule has 1 fully saturated rings. The molecule has 0 amide bonds. The average Bonchev–Trinajstić information content (AvgIpc) is 3.09. The molecule has 20 heavy (non-hydrogen) atoms. The fourth-order valence-electron chi connectivity index (χ4n) is 2.47. The third kappa shape index (κ3) is 2.86. The maximum absolute atomic E-state index is 12.9. The lowest BCUT2D eigenvalue weighted by Crippen LogP contribution is -2.22. The first-order valence-electron chi connectivity index (χ1n) is 6.75. The van der Waals surface area contributed by atoms with Crippen LogP contribution in [0.25, 0.3) is 11.5 Å². The topological polar surface area (TPSA) is 68.2 Å². The highest BCUT2D eigenvalue weighted by Crippen LogP contribution is 2.21. The summed E-state index contributed by atoms with van der Waals surface area (Å²) < 4.78 is 18.5. The predicted molar refractivity (Wildman–Crippen MR) is 72.1 cm³/mol. The average molecular weight is 276 g/mol. The summed E-state index contributed by atoms with van der Waals surface area (Å²) in [5.41, 5.74) is 6.40. The quantitative estimate of drug-likeness (QED) is 0.919. The van der Waals surface area contributed by atoms with Crippen LogP contribution in [-0.2, 0) is 6.54 Å². The molecule has 0 bridgehead atoms. The number of halogens is 1. The summed E-state index contributed by atoms with van der Waals surface area (Å²) in [5, 5.41) is 8.05. The number of benzene rings is 1. The molecule has 2 aromatic rings. The van der Waals surface area contributed by atoms with Gasteiger partial charge in [-0.15, -0.1) is 10.2 Å². The molecular weight excluding hydrogens is 259 g/mol. The van der Waals surface area contributed by atoms with Crippen LogP contribution in [0.5, 0.6) is 0 Å². The third-order valence-corrected chi connectivity index (χ3v) is 3.62. The molecule has 1 atom stereocenters. The van der Waals surface area contributed by atoms with E-state index in [-0.39, 0.29) is 5.82 Å². The Labute approximate surface area is 116 Å². The monoisotopic (exact) mass is 276 g/mol. The molecule has 2 N–H and O–H groups in total. The number of aromatic nitrogens is 2. The molecule has 1 aliphatic heterocycles. The molecule has 0 aliphatic carbocycles. The minimum atomic E-state index is -0.279.